The SMILES string of the molecule is CC1(C)c2ccccc2-c2ccc(N(c3ccc(-c4cccc5c4sc4ccccc45)cc3)c3ccc4c(c3)c3c5ocnc5cc5c6ccccc6n4c53)cc21. The van der Waals surface area contributed by atoms with E-state index in [-0.39, 0.29) is 5.41 Å². The Morgan fingerprint density at radius 3 is 2.18 bits per heavy atom. The molecule has 1 aliphatic carbocycles. The van der Waals surface area contributed by atoms with Crippen molar-refractivity contribution in [1.82, 2.24) is 9.38 Å². The number of fused-ring (bicyclic) bond motifs is 14. The van der Waals surface area contributed by atoms with Crippen LogP contribution < -0.4 is 4.90 Å². The number of benzene rings is 8. The molecule has 0 bridgehead atoms. The van der Waals surface area contributed by atoms with E-state index >= 15 is 0 Å². The summed E-state index contributed by atoms with van der Waals surface area (Å²) in [4.78, 5) is 7.08. The van der Waals surface area contributed by atoms with Gasteiger partial charge in [-0.1, -0.05) is 111 Å². The van der Waals surface area contributed by atoms with Gasteiger partial charge in [-0.05, 0) is 94.0 Å². The van der Waals surface area contributed by atoms with E-state index in [1.807, 2.05) is 11.3 Å². The van der Waals surface area contributed by atoms with E-state index in [0.29, 0.717) is 0 Å². The number of nitrogens with zero attached hydrogens (tertiary/aromatic N) is 3. The van der Waals surface area contributed by atoms with Gasteiger partial charge in [0.2, 0.25) is 0 Å². The summed E-state index contributed by atoms with van der Waals surface area (Å²) < 4.78 is 11.2. The number of hydrogen-bond donors (Lipinski definition) is 0. The maximum absolute atomic E-state index is 6.18. The smallest absolute Gasteiger partial charge is 0.182 e. The molecule has 0 saturated heterocycles. The molecule has 4 nitrogen and oxygen atoms in total. The van der Waals surface area contributed by atoms with E-state index in [0.717, 1.165) is 44.5 Å². The average Bonchev–Trinajstić information content (AvgIpc) is 4.06. The first-order valence-corrected chi connectivity index (χ1v) is 20.3. The van der Waals surface area contributed by atoms with Gasteiger partial charge < -0.3 is 13.7 Å². The van der Waals surface area contributed by atoms with Crippen LogP contribution in [0.1, 0.15) is 25.0 Å². The Morgan fingerprint density at radius 1 is 0.561 bits per heavy atom. The zero-order valence-corrected chi connectivity index (χ0v) is 32.1. The molecule has 0 N–H and O–H groups in total. The average molecular weight is 748 g/mol. The molecule has 268 valence electrons. The minimum Gasteiger partial charge on any atom is -0.443 e. The van der Waals surface area contributed by atoms with Gasteiger partial charge in [0.15, 0.2) is 12.0 Å². The van der Waals surface area contributed by atoms with Gasteiger partial charge in [0, 0.05) is 58.8 Å². The number of oxazole rings is 1. The van der Waals surface area contributed by atoms with Crippen molar-refractivity contribution in [2.24, 2.45) is 0 Å². The minimum atomic E-state index is -0.129. The summed E-state index contributed by atoms with van der Waals surface area (Å²) in [6.45, 7) is 4.71. The highest BCUT2D eigenvalue weighted by Gasteiger charge is 2.36. The molecule has 8 aromatic carbocycles. The Bertz CT molecular complexity index is 3620. The molecule has 0 saturated carbocycles. The van der Waals surface area contributed by atoms with Gasteiger partial charge in [0.1, 0.15) is 5.52 Å². The normalized spacial score (nSPS) is 13.6. The zero-order chi connectivity index (χ0) is 37.6. The van der Waals surface area contributed by atoms with Crippen molar-refractivity contribution < 1.29 is 4.42 Å². The van der Waals surface area contributed by atoms with Crippen LogP contribution in [0.15, 0.2) is 169 Å². The second-order valence-electron chi connectivity index (χ2n) is 16.0. The molecular weight excluding hydrogens is 715 g/mol. The lowest BCUT2D eigenvalue weighted by atomic mass is 9.82. The van der Waals surface area contributed by atoms with Crippen molar-refractivity contribution >= 4 is 97.8 Å². The molecule has 4 heterocycles. The molecule has 12 aromatic rings. The van der Waals surface area contributed by atoms with Crippen LogP contribution >= 0.6 is 11.3 Å². The van der Waals surface area contributed by atoms with Crippen LogP contribution in [-0.2, 0) is 5.41 Å². The Morgan fingerprint density at radius 2 is 1.26 bits per heavy atom. The monoisotopic (exact) mass is 747 g/mol. The summed E-state index contributed by atoms with van der Waals surface area (Å²) in [6, 6.07) is 58.3. The largest absolute Gasteiger partial charge is 0.443 e. The van der Waals surface area contributed by atoms with E-state index in [2.05, 4.69) is 186 Å². The fourth-order valence-corrected chi connectivity index (χ4v) is 11.3. The molecular formula is C52H33N3OS. The highest BCUT2D eigenvalue weighted by atomic mass is 32.1. The lowest BCUT2D eigenvalue weighted by Gasteiger charge is -2.28. The van der Waals surface area contributed by atoms with Gasteiger partial charge in [-0.25, -0.2) is 4.98 Å². The third-order valence-electron chi connectivity index (χ3n) is 12.7. The summed E-state index contributed by atoms with van der Waals surface area (Å²) in [6.07, 6.45) is 1.58. The van der Waals surface area contributed by atoms with Crippen molar-refractivity contribution in [1.29, 1.82) is 0 Å². The maximum atomic E-state index is 6.18. The van der Waals surface area contributed by atoms with Gasteiger partial charge in [0.25, 0.3) is 0 Å². The second-order valence-corrected chi connectivity index (χ2v) is 17.0. The first-order valence-electron chi connectivity index (χ1n) is 19.5. The third-order valence-corrected chi connectivity index (χ3v) is 13.9. The van der Waals surface area contributed by atoms with E-state index in [9.17, 15) is 0 Å². The molecule has 0 amide bonds. The standard InChI is InChI=1S/C52H33N3OS/c1-52(2)42-15-6-3-10-35(42)36-24-22-33(27-43(36)52)54(31-20-18-30(19-21-31)34-13-9-14-39-38-12-5-8-17-47(38)57-51(34)39)32-23-25-46-41(26-32)48-49-40(28-44-50(48)56-29-53-44)37-11-4-7-16-45(37)55(46)49/h3-29H,1-2H3. The molecule has 0 atom stereocenters. The Hall–Kier alpha value is -6.95. The molecule has 4 aromatic heterocycles. The fraction of sp³-hybridized carbons (Fsp3) is 0.0577. The fourth-order valence-electron chi connectivity index (χ4n) is 10.0. The second kappa shape index (κ2) is 11.1. The van der Waals surface area contributed by atoms with Crippen molar-refractivity contribution in [3.05, 3.63) is 175 Å². The number of aromatic nitrogens is 2. The highest BCUT2D eigenvalue weighted by molar-refractivity contribution is 7.26. The third kappa shape index (κ3) is 4.13. The lowest BCUT2D eigenvalue weighted by Crippen LogP contribution is -2.16. The number of hydrogen-bond acceptors (Lipinski definition) is 4. The summed E-state index contributed by atoms with van der Waals surface area (Å²) in [5.74, 6) is 0. The first kappa shape index (κ1) is 31.3. The Labute approximate surface area is 331 Å². The highest BCUT2D eigenvalue weighted by Crippen LogP contribution is 2.51. The number of para-hydroxylation sites is 1. The molecule has 0 spiro atoms. The summed E-state index contributed by atoms with van der Waals surface area (Å²) in [7, 11) is 0. The van der Waals surface area contributed by atoms with Crippen LogP contribution in [0, 0.1) is 0 Å². The van der Waals surface area contributed by atoms with E-state index in [4.69, 9.17) is 4.42 Å². The van der Waals surface area contributed by atoms with Crippen LogP contribution in [0.3, 0.4) is 0 Å². The van der Waals surface area contributed by atoms with E-state index < -0.39 is 0 Å². The van der Waals surface area contributed by atoms with E-state index in [1.165, 1.54) is 75.4 Å². The molecule has 13 rings (SSSR count). The van der Waals surface area contributed by atoms with Gasteiger partial charge >= 0.3 is 0 Å². The van der Waals surface area contributed by atoms with Crippen LogP contribution in [0.2, 0.25) is 0 Å². The molecule has 5 heteroatoms. The van der Waals surface area contributed by atoms with E-state index in [1.54, 1.807) is 6.39 Å². The van der Waals surface area contributed by atoms with Crippen molar-refractivity contribution in [2.75, 3.05) is 4.90 Å². The summed E-state index contributed by atoms with van der Waals surface area (Å²) in [5, 5.41) is 7.30. The van der Waals surface area contributed by atoms with Crippen molar-refractivity contribution in [3.63, 3.8) is 0 Å². The predicted molar refractivity (Wildman–Crippen MR) is 239 cm³/mol. The summed E-state index contributed by atoms with van der Waals surface area (Å²) >= 11 is 1.88. The predicted octanol–water partition coefficient (Wildman–Crippen LogP) is 14.8. The van der Waals surface area contributed by atoms with Gasteiger partial charge in [-0.15, -0.1) is 11.3 Å². The first-order chi connectivity index (χ1) is 28.0. The molecule has 57 heavy (non-hydrogen) atoms. The topological polar surface area (TPSA) is 33.7 Å². The Kier molecular flexibility index (Phi) is 6.09. The van der Waals surface area contributed by atoms with Crippen molar-refractivity contribution in [3.8, 4) is 22.3 Å². The molecule has 0 unspecified atom stereocenters. The number of anilines is 3. The van der Waals surface area contributed by atoms with Gasteiger partial charge in [-0.3, -0.25) is 0 Å². The van der Waals surface area contributed by atoms with Crippen LogP contribution in [0.4, 0.5) is 17.1 Å². The molecule has 0 radical (unpaired) electrons. The number of rotatable bonds is 4. The maximum Gasteiger partial charge on any atom is 0.182 e. The molecule has 0 fully saturated rings. The summed E-state index contributed by atoms with van der Waals surface area (Å²) in [5.41, 5.74) is 16.2. The van der Waals surface area contributed by atoms with Crippen molar-refractivity contribution in [2.45, 2.75) is 19.3 Å². The van der Waals surface area contributed by atoms with Gasteiger partial charge in [0.05, 0.1) is 21.9 Å². The van der Waals surface area contributed by atoms with Gasteiger partial charge in [-0.2, -0.15) is 0 Å². The molecule has 0 aliphatic heterocycles. The van der Waals surface area contributed by atoms with Crippen LogP contribution in [0.25, 0.3) is 91.6 Å². The van der Waals surface area contributed by atoms with Crippen LogP contribution in [-0.4, -0.2) is 9.38 Å². The number of thiophene rings is 1. The minimum absolute atomic E-state index is 0.129. The van der Waals surface area contributed by atoms with Crippen LogP contribution in [0.5, 0.6) is 0 Å². The lowest BCUT2D eigenvalue weighted by molar-refractivity contribution is 0.605. The molecule has 1 aliphatic rings. The zero-order valence-electron chi connectivity index (χ0n) is 31.2. The Balaban J connectivity index is 1.04. The quantitative estimate of drug-likeness (QED) is 0.180.